The van der Waals surface area contributed by atoms with Gasteiger partial charge in [0.05, 0.1) is 6.61 Å². The minimum atomic E-state index is 0.295. The molecule has 160 valence electrons. The lowest BCUT2D eigenvalue weighted by atomic mass is 10.1. The first-order valence-electron chi connectivity index (χ1n) is 11.3. The van der Waals surface area contributed by atoms with Crippen LogP contribution >= 0.6 is 11.3 Å². The molecule has 0 radical (unpaired) electrons. The smallest absolute Gasteiger partial charge is 0.119 e. The van der Waals surface area contributed by atoms with Crippen LogP contribution in [0.5, 0.6) is 11.5 Å². The van der Waals surface area contributed by atoms with Gasteiger partial charge in [0.1, 0.15) is 11.5 Å². The van der Waals surface area contributed by atoms with Crippen LogP contribution in [0.25, 0.3) is 11.1 Å². The fourth-order valence-corrected chi connectivity index (χ4v) is 4.39. The van der Waals surface area contributed by atoms with Crippen molar-refractivity contribution in [1.29, 1.82) is 0 Å². The molecule has 0 bridgehead atoms. The van der Waals surface area contributed by atoms with Gasteiger partial charge in [-0.1, -0.05) is 69.2 Å². The molecule has 0 saturated carbocycles. The van der Waals surface area contributed by atoms with E-state index in [1.807, 2.05) is 24.3 Å². The minimum absolute atomic E-state index is 0.295. The van der Waals surface area contributed by atoms with E-state index in [2.05, 4.69) is 29.0 Å². The van der Waals surface area contributed by atoms with Gasteiger partial charge in [0.25, 0.3) is 0 Å². The molecule has 0 saturated heterocycles. The second-order valence-corrected chi connectivity index (χ2v) is 8.76. The first-order chi connectivity index (χ1) is 14.8. The van der Waals surface area contributed by atoms with Crippen LogP contribution in [0.2, 0.25) is 0 Å². The molecule has 3 aromatic rings. The number of phenolic OH excluding ortho intramolecular Hbond substituents is 1. The molecule has 2 aromatic carbocycles. The number of hydrogen-bond acceptors (Lipinski definition) is 3. The molecule has 0 aliphatic rings. The van der Waals surface area contributed by atoms with Gasteiger partial charge >= 0.3 is 0 Å². The summed E-state index contributed by atoms with van der Waals surface area (Å²) in [6.45, 7) is 0.793. The van der Waals surface area contributed by atoms with Crippen molar-refractivity contribution in [2.75, 3.05) is 6.61 Å². The third-order valence-electron chi connectivity index (χ3n) is 5.51. The Morgan fingerprint density at radius 3 is 1.80 bits per heavy atom. The van der Waals surface area contributed by atoms with Crippen molar-refractivity contribution >= 4 is 11.3 Å². The lowest BCUT2D eigenvalue weighted by Crippen LogP contribution is -1.97. The van der Waals surface area contributed by atoms with Crippen LogP contribution in [0.1, 0.15) is 63.4 Å². The first kappa shape index (κ1) is 22.4. The molecule has 0 aliphatic heterocycles. The topological polar surface area (TPSA) is 29.5 Å². The standard InChI is InChI=1S/C27H34O2S/c28-26-15-11-24(12-16-26)25-13-17-27(18-14-25)29-20-9-7-5-3-1-2-4-6-8-10-23-19-21-30-22-23/h11-19,21-22,28H,1-10,20H2. The molecule has 30 heavy (non-hydrogen) atoms. The number of thiophene rings is 1. The van der Waals surface area contributed by atoms with E-state index in [9.17, 15) is 5.11 Å². The molecule has 0 spiro atoms. The average Bonchev–Trinajstić information content (AvgIpc) is 3.29. The van der Waals surface area contributed by atoms with Gasteiger partial charge in [0.15, 0.2) is 0 Å². The summed E-state index contributed by atoms with van der Waals surface area (Å²) in [5, 5.41) is 13.8. The van der Waals surface area contributed by atoms with E-state index in [1.54, 1.807) is 23.5 Å². The second-order valence-electron chi connectivity index (χ2n) is 7.98. The van der Waals surface area contributed by atoms with Crippen LogP contribution in [0.4, 0.5) is 0 Å². The lowest BCUT2D eigenvalue weighted by Gasteiger charge is -2.08. The molecule has 1 aromatic heterocycles. The number of aryl methyl sites for hydroxylation is 1. The van der Waals surface area contributed by atoms with Gasteiger partial charge in [0, 0.05) is 0 Å². The van der Waals surface area contributed by atoms with Gasteiger partial charge < -0.3 is 9.84 Å². The van der Waals surface area contributed by atoms with E-state index < -0.39 is 0 Å². The number of unbranched alkanes of at least 4 members (excludes halogenated alkanes) is 8. The van der Waals surface area contributed by atoms with Crippen molar-refractivity contribution in [3.05, 3.63) is 70.9 Å². The van der Waals surface area contributed by atoms with Crippen molar-refractivity contribution in [3.8, 4) is 22.6 Å². The SMILES string of the molecule is Oc1ccc(-c2ccc(OCCCCCCCCCCCc3ccsc3)cc2)cc1. The summed E-state index contributed by atoms with van der Waals surface area (Å²) in [4.78, 5) is 0. The second kappa shape index (κ2) is 13.1. The van der Waals surface area contributed by atoms with E-state index in [1.165, 1.54) is 63.4 Å². The highest BCUT2D eigenvalue weighted by atomic mass is 32.1. The van der Waals surface area contributed by atoms with Crippen LogP contribution in [-0.4, -0.2) is 11.7 Å². The molecule has 0 amide bonds. The molecule has 0 fully saturated rings. The largest absolute Gasteiger partial charge is 0.508 e. The van der Waals surface area contributed by atoms with Gasteiger partial charge in [0.2, 0.25) is 0 Å². The van der Waals surface area contributed by atoms with Gasteiger partial charge in [-0.25, -0.2) is 0 Å². The molecule has 0 aliphatic carbocycles. The average molecular weight is 423 g/mol. The highest BCUT2D eigenvalue weighted by Crippen LogP contribution is 2.24. The summed E-state index contributed by atoms with van der Waals surface area (Å²) in [6.07, 6.45) is 13.1. The van der Waals surface area contributed by atoms with Crippen molar-refractivity contribution in [2.45, 2.75) is 64.2 Å². The minimum Gasteiger partial charge on any atom is -0.508 e. The van der Waals surface area contributed by atoms with Gasteiger partial charge in [-0.05, 0) is 77.0 Å². The lowest BCUT2D eigenvalue weighted by molar-refractivity contribution is 0.304. The Morgan fingerprint density at radius 2 is 1.20 bits per heavy atom. The van der Waals surface area contributed by atoms with Gasteiger partial charge in [-0.2, -0.15) is 11.3 Å². The highest BCUT2D eigenvalue weighted by Gasteiger charge is 2.00. The van der Waals surface area contributed by atoms with Crippen LogP contribution in [-0.2, 0) is 6.42 Å². The molecule has 3 rings (SSSR count). The molecular weight excluding hydrogens is 388 g/mol. The maximum absolute atomic E-state index is 9.39. The van der Waals surface area contributed by atoms with Crippen LogP contribution in [0.3, 0.4) is 0 Å². The number of ether oxygens (including phenoxy) is 1. The molecule has 1 heterocycles. The highest BCUT2D eigenvalue weighted by molar-refractivity contribution is 7.07. The number of rotatable bonds is 14. The fraction of sp³-hybridized carbons (Fsp3) is 0.407. The molecule has 2 nitrogen and oxygen atoms in total. The Kier molecular flexibility index (Phi) is 9.81. The summed E-state index contributed by atoms with van der Waals surface area (Å²) in [7, 11) is 0. The molecule has 1 N–H and O–H groups in total. The van der Waals surface area contributed by atoms with Crippen LogP contribution in [0, 0.1) is 0 Å². The molecule has 0 unspecified atom stereocenters. The van der Waals surface area contributed by atoms with Gasteiger partial charge in [-0.15, -0.1) is 0 Å². The monoisotopic (exact) mass is 422 g/mol. The van der Waals surface area contributed by atoms with Crippen molar-refractivity contribution in [3.63, 3.8) is 0 Å². The third-order valence-corrected chi connectivity index (χ3v) is 6.25. The Balaban J connectivity index is 1.16. The Bertz CT molecular complexity index is 807. The zero-order valence-electron chi connectivity index (χ0n) is 17.9. The number of phenols is 1. The van der Waals surface area contributed by atoms with Gasteiger partial charge in [-0.3, -0.25) is 0 Å². The van der Waals surface area contributed by atoms with E-state index in [0.717, 1.165) is 29.9 Å². The Hall–Kier alpha value is -2.26. The zero-order valence-corrected chi connectivity index (χ0v) is 18.7. The summed E-state index contributed by atoms with van der Waals surface area (Å²) >= 11 is 1.81. The van der Waals surface area contributed by atoms with Crippen LogP contribution < -0.4 is 4.74 Å². The maximum atomic E-state index is 9.39. The van der Waals surface area contributed by atoms with Crippen molar-refractivity contribution in [2.24, 2.45) is 0 Å². The van der Waals surface area contributed by atoms with E-state index in [0.29, 0.717) is 5.75 Å². The predicted molar refractivity (Wildman–Crippen MR) is 129 cm³/mol. The summed E-state index contributed by atoms with van der Waals surface area (Å²) in [6, 6.07) is 17.7. The summed E-state index contributed by atoms with van der Waals surface area (Å²) in [5.74, 6) is 1.23. The summed E-state index contributed by atoms with van der Waals surface area (Å²) < 4.78 is 5.88. The molecular formula is C27H34O2S. The van der Waals surface area contributed by atoms with Crippen molar-refractivity contribution < 1.29 is 9.84 Å². The predicted octanol–water partition coefficient (Wildman–Crippen LogP) is 8.25. The fourth-order valence-electron chi connectivity index (χ4n) is 3.69. The quantitative estimate of drug-likeness (QED) is 0.265. The summed E-state index contributed by atoms with van der Waals surface area (Å²) in [5.41, 5.74) is 3.74. The number of benzene rings is 2. The maximum Gasteiger partial charge on any atom is 0.119 e. The zero-order chi connectivity index (χ0) is 20.9. The first-order valence-corrected chi connectivity index (χ1v) is 12.3. The van der Waals surface area contributed by atoms with E-state index in [-0.39, 0.29) is 0 Å². The normalized spacial score (nSPS) is 10.9. The molecule has 0 atom stereocenters. The number of hydrogen-bond donors (Lipinski definition) is 1. The van der Waals surface area contributed by atoms with E-state index >= 15 is 0 Å². The Morgan fingerprint density at radius 1 is 0.633 bits per heavy atom. The third kappa shape index (κ3) is 8.23. The number of aromatic hydroxyl groups is 1. The van der Waals surface area contributed by atoms with Crippen molar-refractivity contribution in [1.82, 2.24) is 0 Å². The molecule has 3 heteroatoms. The van der Waals surface area contributed by atoms with Crippen LogP contribution in [0.15, 0.2) is 65.4 Å². The Labute approximate surface area is 185 Å². The van der Waals surface area contributed by atoms with E-state index in [4.69, 9.17) is 4.74 Å².